The van der Waals surface area contributed by atoms with Gasteiger partial charge in [0.25, 0.3) is 0 Å². The van der Waals surface area contributed by atoms with Crippen molar-refractivity contribution in [1.82, 2.24) is 29.8 Å². The van der Waals surface area contributed by atoms with Crippen LogP contribution >= 0.6 is 11.6 Å². The smallest absolute Gasteiger partial charge is 0.410 e. The number of hydrogen-bond acceptors (Lipinski definition) is 7. The number of halogens is 1. The molecule has 1 unspecified atom stereocenters. The van der Waals surface area contributed by atoms with Crippen LogP contribution in [0.3, 0.4) is 0 Å². The number of nitrogens with one attached hydrogen (secondary N) is 1. The van der Waals surface area contributed by atoms with Gasteiger partial charge >= 0.3 is 6.09 Å². The number of likely N-dealkylation sites (tertiary alicyclic amines) is 1. The van der Waals surface area contributed by atoms with Crippen molar-refractivity contribution in [3.63, 3.8) is 0 Å². The second-order valence-corrected chi connectivity index (χ2v) is 16.5. The van der Waals surface area contributed by atoms with Crippen molar-refractivity contribution in [2.45, 2.75) is 116 Å². The van der Waals surface area contributed by atoms with Gasteiger partial charge in [-0.25, -0.2) is 9.48 Å². The number of aryl methyl sites for hydroxylation is 1. The van der Waals surface area contributed by atoms with Crippen molar-refractivity contribution in [3.05, 3.63) is 28.5 Å². The molecule has 0 radical (unpaired) electrons. The van der Waals surface area contributed by atoms with Crippen LogP contribution in [0, 0.1) is 19.3 Å². The molecule has 1 aromatic carbocycles. The Labute approximate surface area is 283 Å². The van der Waals surface area contributed by atoms with E-state index in [0.717, 1.165) is 116 Å². The largest absolute Gasteiger partial charge is 0.444 e. The van der Waals surface area contributed by atoms with Crippen molar-refractivity contribution in [3.8, 4) is 11.1 Å². The number of fused-ring (bicyclic) bond motifs is 1. The highest BCUT2D eigenvalue weighted by Gasteiger charge is 2.56. The average Bonchev–Trinajstić information content (AvgIpc) is 3.71. The zero-order chi connectivity index (χ0) is 32.7. The van der Waals surface area contributed by atoms with Crippen molar-refractivity contribution >= 4 is 34.4 Å². The SMILES string of the molecule is Cc1cc2c(cnn2C2CCCCO2)c(-c2c(N3CCNCC34CCCC4)nn(C3CC4(C3)CN(C(=O)OC(C)(C)C)C4)c2C)c1Cl. The van der Waals surface area contributed by atoms with Gasteiger partial charge in [-0.05, 0) is 91.2 Å². The molecule has 2 aromatic heterocycles. The average molecular weight is 664 g/mol. The van der Waals surface area contributed by atoms with Gasteiger partial charge in [-0.2, -0.15) is 10.2 Å². The molecule has 1 amide bonds. The Morgan fingerprint density at radius 3 is 2.55 bits per heavy atom. The second-order valence-electron chi connectivity index (χ2n) is 16.1. The summed E-state index contributed by atoms with van der Waals surface area (Å²) in [4.78, 5) is 17.2. The standard InChI is InChI=1S/C36H50ClN7O3/c1-23-16-27-26(19-39-44(27)28-10-6-9-15-46-28)30(31(23)37)29-24(2)43(40-32(29)42-14-13-38-20-36(42)11-7-8-12-36)25-17-35(18-25)21-41(22-35)33(45)47-34(3,4)5/h16,19,25,28,38H,6-15,17-18,20-22H2,1-5H3. The van der Waals surface area contributed by atoms with E-state index in [9.17, 15) is 4.79 Å². The Kier molecular flexibility index (Phi) is 7.61. The lowest BCUT2D eigenvalue weighted by molar-refractivity contribution is -0.0930. The van der Waals surface area contributed by atoms with Gasteiger partial charge in [0.1, 0.15) is 5.60 Å². The number of hydrogen-bond donors (Lipinski definition) is 1. The fraction of sp³-hybridized carbons (Fsp3) is 0.694. The first kappa shape index (κ1) is 31.4. The van der Waals surface area contributed by atoms with Crippen molar-refractivity contribution < 1.29 is 14.3 Å². The molecule has 0 bridgehead atoms. The van der Waals surface area contributed by atoms with Gasteiger partial charge in [0.15, 0.2) is 12.0 Å². The minimum atomic E-state index is -0.482. The molecule has 1 atom stereocenters. The molecule has 8 rings (SSSR count). The van der Waals surface area contributed by atoms with Crippen molar-refractivity contribution in [2.75, 3.05) is 44.2 Å². The van der Waals surface area contributed by atoms with Gasteiger partial charge in [0.2, 0.25) is 0 Å². The van der Waals surface area contributed by atoms with Gasteiger partial charge in [0.05, 0.1) is 28.3 Å². The van der Waals surface area contributed by atoms with Crippen molar-refractivity contribution in [1.29, 1.82) is 0 Å². The summed E-state index contributed by atoms with van der Waals surface area (Å²) in [6, 6.07) is 2.46. The Hall–Kier alpha value is -2.82. The molecule has 2 aliphatic carbocycles. The maximum Gasteiger partial charge on any atom is 0.410 e. The van der Waals surface area contributed by atoms with E-state index in [0.29, 0.717) is 0 Å². The zero-order valence-electron chi connectivity index (χ0n) is 28.7. The van der Waals surface area contributed by atoms with E-state index in [2.05, 4.69) is 39.5 Å². The summed E-state index contributed by atoms with van der Waals surface area (Å²) in [5, 5.41) is 16.0. The normalized spacial score (nSPS) is 24.3. The van der Waals surface area contributed by atoms with Crippen LogP contribution in [0.25, 0.3) is 22.0 Å². The fourth-order valence-electron chi connectivity index (χ4n) is 9.27. The van der Waals surface area contributed by atoms with Gasteiger partial charge in [0, 0.05) is 67.0 Å². The van der Waals surface area contributed by atoms with E-state index in [4.69, 9.17) is 31.3 Å². The third-order valence-corrected chi connectivity index (χ3v) is 12.0. The Bertz CT molecular complexity index is 1680. The van der Waals surface area contributed by atoms with Crippen LogP contribution in [-0.4, -0.2) is 81.0 Å². The molecule has 11 heteroatoms. The number of rotatable bonds is 4. The molecule has 10 nitrogen and oxygen atoms in total. The summed E-state index contributed by atoms with van der Waals surface area (Å²) >= 11 is 7.36. The fourth-order valence-corrected chi connectivity index (χ4v) is 9.52. The summed E-state index contributed by atoms with van der Waals surface area (Å²) in [5.41, 5.74) is 5.19. The number of ether oxygens (including phenoxy) is 2. The molecule has 3 aliphatic heterocycles. The molecule has 5 fully saturated rings. The van der Waals surface area contributed by atoms with Crippen LogP contribution < -0.4 is 10.2 Å². The van der Waals surface area contributed by atoms with Crippen LogP contribution in [0.15, 0.2) is 12.3 Å². The lowest BCUT2D eigenvalue weighted by atomic mass is 9.61. The number of aromatic nitrogens is 4. The monoisotopic (exact) mass is 663 g/mol. The Morgan fingerprint density at radius 1 is 1.09 bits per heavy atom. The molecule has 3 saturated heterocycles. The predicted octanol–water partition coefficient (Wildman–Crippen LogP) is 7.16. The molecule has 5 aliphatic rings. The molecule has 254 valence electrons. The van der Waals surface area contributed by atoms with Crippen LogP contribution in [-0.2, 0) is 9.47 Å². The van der Waals surface area contributed by atoms with Crippen molar-refractivity contribution in [2.24, 2.45) is 5.41 Å². The Balaban J connectivity index is 1.19. The minimum absolute atomic E-state index is 0.0539. The number of benzene rings is 1. The third-order valence-electron chi connectivity index (χ3n) is 11.5. The van der Waals surface area contributed by atoms with E-state index in [1.165, 1.54) is 25.7 Å². The number of anilines is 1. The first-order valence-electron chi connectivity index (χ1n) is 17.8. The van der Waals surface area contributed by atoms with Gasteiger partial charge in [-0.3, -0.25) is 4.68 Å². The van der Waals surface area contributed by atoms with E-state index in [1.807, 2.05) is 31.9 Å². The second kappa shape index (κ2) is 11.4. The maximum atomic E-state index is 12.7. The molecule has 2 spiro atoms. The highest BCUT2D eigenvalue weighted by atomic mass is 35.5. The van der Waals surface area contributed by atoms with Crippen LogP contribution in [0.5, 0.6) is 0 Å². The summed E-state index contributed by atoms with van der Waals surface area (Å²) in [6.07, 6.45) is 11.8. The van der Waals surface area contributed by atoms with E-state index < -0.39 is 5.60 Å². The van der Waals surface area contributed by atoms with Crippen LogP contribution in [0.4, 0.5) is 10.6 Å². The molecule has 2 saturated carbocycles. The van der Waals surface area contributed by atoms with Gasteiger partial charge in [-0.15, -0.1) is 0 Å². The van der Waals surface area contributed by atoms with E-state index in [-0.39, 0.29) is 29.3 Å². The first-order chi connectivity index (χ1) is 22.5. The summed E-state index contributed by atoms with van der Waals surface area (Å²) in [6.45, 7) is 15.2. The Morgan fingerprint density at radius 2 is 1.85 bits per heavy atom. The molecule has 1 N–H and O–H groups in total. The predicted molar refractivity (Wildman–Crippen MR) is 184 cm³/mol. The van der Waals surface area contributed by atoms with Crippen LogP contribution in [0.2, 0.25) is 5.02 Å². The van der Waals surface area contributed by atoms with E-state index >= 15 is 0 Å². The highest BCUT2D eigenvalue weighted by Crippen LogP contribution is 2.56. The first-order valence-corrected chi connectivity index (χ1v) is 18.2. The molecule has 47 heavy (non-hydrogen) atoms. The molecular formula is C36H50ClN7O3. The highest BCUT2D eigenvalue weighted by molar-refractivity contribution is 6.36. The summed E-state index contributed by atoms with van der Waals surface area (Å²) < 4.78 is 16.2. The number of carbonyl (C=O) groups excluding carboxylic acids is 1. The molecular weight excluding hydrogens is 614 g/mol. The third kappa shape index (κ3) is 5.24. The summed E-state index contributed by atoms with van der Waals surface area (Å²) in [7, 11) is 0. The number of carbonyl (C=O) groups is 1. The maximum absolute atomic E-state index is 12.7. The zero-order valence-corrected chi connectivity index (χ0v) is 29.5. The lowest BCUT2D eigenvalue weighted by Crippen LogP contribution is -2.64. The van der Waals surface area contributed by atoms with Crippen LogP contribution in [0.1, 0.15) is 102 Å². The number of nitrogens with zero attached hydrogens (tertiary/aromatic N) is 6. The molecule has 3 aromatic rings. The lowest BCUT2D eigenvalue weighted by Gasteiger charge is -2.58. The summed E-state index contributed by atoms with van der Waals surface area (Å²) in [5.74, 6) is 1.06. The topological polar surface area (TPSA) is 89.7 Å². The molecule has 5 heterocycles. The van der Waals surface area contributed by atoms with Gasteiger partial charge < -0.3 is 24.6 Å². The van der Waals surface area contributed by atoms with Gasteiger partial charge in [-0.1, -0.05) is 24.4 Å². The quantitative estimate of drug-likeness (QED) is 0.317. The van der Waals surface area contributed by atoms with E-state index in [1.54, 1.807) is 0 Å². The number of piperazine rings is 1. The number of amides is 1. The minimum Gasteiger partial charge on any atom is -0.444 e.